The van der Waals surface area contributed by atoms with Crippen LogP contribution in [0.15, 0.2) is 34.3 Å². The highest BCUT2D eigenvalue weighted by molar-refractivity contribution is 5.94. The molecule has 2 heterocycles. The second-order valence-corrected chi connectivity index (χ2v) is 15.0. The van der Waals surface area contributed by atoms with Crippen LogP contribution in [-0.2, 0) is 0 Å². The van der Waals surface area contributed by atoms with Crippen molar-refractivity contribution in [2.45, 2.75) is 220 Å². The monoisotopic (exact) mass is 701 g/mol. The molecule has 0 spiro atoms. The first-order chi connectivity index (χ1) is 24.5. The number of unbranched alkanes of at least 4 members (excludes halogenated alkanes) is 24. The number of hydrogen-bond donors (Lipinski definition) is 2. The van der Waals surface area contributed by atoms with Crippen LogP contribution in [0.1, 0.15) is 207 Å². The van der Waals surface area contributed by atoms with E-state index in [-0.39, 0.29) is 6.23 Å². The lowest BCUT2D eigenvalue weighted by Crippen LogP contribution is -2.35. The SMILES string of the molecule is CCCCCCCC/C=C/CCCCCCCC1=NCCN1C(C)O.CCCCCCCCCCCCCCC/C=C/C1=NCCN1C(C)O. The summed E-state index contributed by atoms with van der Waals surface area (Å²) in [5.41, 5.74) is 0. The third-order valence-electron chi connectivity index (χ3n) is 10.2. The van der Waals surface area contributed by atoms with E-state index in [9.17, 15) is 10.2 Å². The topological polar surface area (TPSA) is 71.7 Å². The standard InChI is InChI=1S/2C22H42N2O/c2*1-3-4-5-6-7-8-9-10-11-12-13-14-15-16-17-18-22-23-19-20-24(22)21(2)25/h17-18,21,25H,3-16,19-20H2,1-2H3;10-11,21,25H,3-9,12-20H2,1-2H3/b18-17+;11-10+. The largest absolute Gasteiger partial charge is 0.374 e. The molecule has 0 bridgehead atoms. The minimum Gasteiger partial charge on any atom is -0.374 e. The number of aliphatic hydroxyl groups is 2. The summed E-state index contributed by atoms with van der Waals surface area (Å²) < 4.78 is 0. The van der Waals surface area contributed by atoms with Crippen molar-refractivity contribution in [3.63, 3.8) is 0 Å². The Morgan fingerprint density at radius 3 is 1.34 bits per heavy atom. The van der Waals surface area contributed by atoms with Crippen molar-refractivity contribution in [1.82, 2.24) is 9.80 Å². The average molecular weight is 701 g/mol. The van der Waals surface area contributed by atoms with E-state index >= 15 is 0 Å². The van der Waals surface area contributed by atoms with Crippen molar-refractivity contribution in [1.29, 1.82) is 0 Å². The Bertz CT molecular complexity index is 866. The smallest absolute Gasteiger partial charge is 0.125 e. The van der Waals surface area contributed by atoms with Gasteiger partial charge < -0.3 is 20.0 Å². The summed E-state index contributed by atoms with van der Waals surface area (Å²) in [6, 6.07) is 0. The fraction of sp³-hybridized carbons (Fsp3) is 0.864. The molecule has 2 rings (SSSR count). The highest BCUT2D eigenvalue weighted by Gasteiger charge is 2.20. The molecule has 0 aromatic carbocycles. The molecule has 0 radical (unpaired) electrons. The van der Waals surface area contributed by atoms with Crippen molar-refractivity contribution < 1.29 is 10.2 Å². The lowest BCUT2D eigenvalue weighted by molar-refractivity contribution is 0.0765. The maximum atomic E-state index is 9.69. The van der Waals surface area contributed by atoms with Gasteiger partial charge in [0.2, 0.25) is 0 Å². The molecule has 6 nitrogen and oxygen atoms in total. The van der Waals surface area contributed by atoms with Crippen LogP contribution in [0.4, 0.5) is 0 Å². The van der Waals surface area contributed by atoms with Gasteiger partial charge in [0.1, 0.15) is 24.1 Å². The zero-order chi connectivity index (χ0) is 36.3. The van der Waals surface area contributed by atoms with Crippen molar-refractivity contribution >= 4 is 11.7 Å². The molecule has 2 atom stereocenters. The van der Waals surface area contributed by atoms with Gasteiger partial charge in [0.05, 0.1) is 13.1 Å². The molecule has 2 aliphatic rings. The maximum absolute atomic E-state index is 9.69. The van der Waals surface area contributed by atoms with Gasteiger partial charge in [-0.15, -0.1) is 0 Å². The highest BCUT2D eigenvalue weighted by Crippen LogP contribution is 2.15. The van der Waals surface area contributed by atoms with Crippen LogP contribution in [0, 0.1) is 0 Å². The molecule has 2 unspecified atom stereocenters. The first-order valence-corrected chi connectivity index (χ1v) is 21.8. The molecule has 2 N–H and O–H groups in total. The molecule has 6 heteroatoms. The second kappa shape index (κ2) is 34.4. The molecule has 2 aliphatic heterocycles. The minimum atomic E-state index is -0.428. The van der Waals surface area contributed by atoms with Gasteiger partial charge in [0.25, 0.3) is 0 Å². The summed E-state index contributed by atoms with van der Waals surface area (Å²) in [6.07, 6.45) is 46.0. The number of hydrogen-bond acceptors (Lipinski definition) is 6. The van der Waals surface area contributed by atoms with Crippen LogP contribution in [0.3, 0.4) is 0 Å². The fourth-order valence-electron chi connectivity index (χ4n) is 6.96. The normalized spacial score (nSPS) is 16.0. The Morgan fingerprint density at radius 2 is 0.880 bits per heavy atom. The quantitative estimate of drug-likeness (QED) is 0.0541. The van der Waals surface area contributed by atoms with Gasteiger partial charge in [-0.05, 0) is 64.9 Å². The zero-order valence-corrected chi connectivity index (χ0v) is 33.8. The fourth-order valence-corrected chi connectivity index (χ4v) is 6.96. The predicted octanol–water partition coefficient (Wildman–Crippen LogP) is 12.2. The summed E-state index contributed by atoms with van der Waals surface area (Å²) in [5.74, 6) is 2.07. The summed E-state index contributed by atoms with van der Waals surface area (Å²) in [7, 11) is 0. The Labute approximate surface area is 311 Å². The van der Waals surface area contributed by atoms with Gasteiger partial charge in [-0.2, -0.15) is 0 Å². The van der Waals surface area contributed by atoms with Crippen molar-refractivity contribution in [3.05, 3.63) is 24.3 Å². The molecule has 292 valence electrons. The van der Waals surface area contributed by atoms with Crippen LogP contribution in [0.5, 0.6) is 0 Å². The van der Waals surface area contributed by atoms with Gasteiger partial charge in [-0.3, -0.25) is 9.98 Å². The van der Waals surface area contributed by atoms with Gasteiger partial charge in [-0.1, -0.05) is 160 Å². The summed E-state index contributed by atoms with van der Waals surface area (Å²) in [5, 5.41) is 19.3. The minimum absolute atomic E-state index is 0.385. The predicted molar refractivity (Wildman–Crippen MR) is 220 cm³/mol. The van der Waals surface area contributed by atoms with Crippen molar-refractivity contribution in [2.24, 2.45) is 9.98 Å². The van der Waals surface area contributed by atoms with Crippen LogP contribution >= 0.6 is 0 Å². The molecule has 50 heavy (non-hydrogen) atoms. The van der Waals surface area contributed by atoms with Gasteiger partial charge >= 0.3 is 0 Å². The van der Waals surface area contributed by atoms with E-state index in [4.69, 9.17) is 0 Å². The van der Waals surface area contributed by atoms with Gasteiger partial charge in [0.15, 0.2) is 0 Å². The van der Waals surface area contributed by atoms with E-state index in [1.807, 2.05) is 16.7 Å². The first kappa shape index (κ1) is 46.4. The third-order valence-corrected chi connectivity index (χ3v) is 10.2. The average Bonchev–Trinajstić information content (AvgIpc) is 3.79. The molecule has 0 saturated heterocycles. The van der Waals surface area contributed by atoms with Crippen LogP contribution in [-0.4, -0.2) is 70.3 Å². The Morgan fingerprint density at radius 1 is 0.500 bits per heavy atom. The summed E-state index contributed by atoms with van der Waals surface area (Å²) >= 11 is 0. The lowest BCUT2D eigenvalue weighted by Gasteiger charge is -2.23. The van der Waals surface area contributed by atoms with E-state index in [2.05, 4.69) is 48.1 Å². The highest BCUT2D eigenvalue weighted by atomic mass is 16.3. The van der Waals surface area contributed by atoms with Gasteiger partial charge in [-0.25, -0.2) is 0 Å². The Balaban J connectivity index is 0.000000500. The van der Waals surface area contributed by atoms with E-state index in [1.54, 1.807) is 6.92 Å². The zero-order valence-electron chi connectivity index (χ0n) is 33.8. The number of allylic oxidation sites excluding steroid dienone is 3. The third kappa shape index (κ3) is 26.2. The van der Waals surface area contributed by atoms with Crippen molar-refractivity contribution in [2.75, 3.05) is 26.2 Å². The Hall–Kier alpha value is -1.66. The molecular formula is C44H84N4O2. The number of aliphatic imine (C=N–C) groups is 2. The van der Waals surface area contributed by atoms with E-state index in [0.29, 0.717) is 0 Å². The number of rotatable bonds is 32. The summed E-state index contributed by atoms with van der Waals surface area (Å²) in [4.78, 5) is 12.9. The number of nitrogens with zero attached hydrogens (tertiary/aromatic N) is 4. The molecule has 0 fully saturated rings. The van der Waals surface area contributed by atoms with Gasteiger partial charge in [0, 0.05) is 19.5 Å². The molecule has 0 aromatic heterocycles. The van der Waals surface area contributed by atoms with E-state index in [1.165, 1.54) is 167 Å². The van der Waals surface area contributed by atoms with Crippen LogP contribution < -0.4 is 0 Å². The Kier molecular flexibility index (Phi) is 31.9. The van der Waals surface area contributed by atoms with E-state index < -0.39 is 6.23 Å². The molecule has 0 aromatic rings. The molecule has 0 amide bonds. The van der Waals surface area contributed by atoms with E-state index in [0.717, 1.165) is 50.7 Å². The molecular weight excluding hydrogens is 617 g/mol. The lowest BCUT2D eigenvalue weighted by atomic mass is 10.0. The summed E-state index contributed by atoms with van der Waals surface area (Å²) in [6.45, 7) is 11.6. The molecule has 0 aliphatic carbocycles. The van der Waals surface area contributed by atoms with Crippen LogP contribution in [0.2, 0.25) is 0 Å². The first-order valence-electron chi connectivity index (χ1n) is 21.8. The molecule has 0 saturated carbocycles. The number of aliphatic hydroxyl groups excluding tert-OH is 2. The second-order valence-electron chi connectivity index (χ2n) is 15.0. The number of amidine groups is 2. The maximum Gasteiger partial charge on any atom is 0.125 e. The van der Waals surface area contributed by atoms with Crippen molar-refractivity contribution in [3.8, 4) is 0 Å². The van der Waals surface area contributed by atoms with Crippen LogP contribution in [0.25, 0.3) is 0 Å².